The number of hydrogen-bond acceptors (Lipinski definition) is 4. The molecule has 0 aliphatic carbocycles. The Hall–Kier alpha value is -1.26. The van der Waals surface area contributed by atoms with Crippen LogP contribution in [0.4, 0.5) is 0 Å². The minimum absolute atomic E-state index is 0.174. The van der Waals surface area contributed by atoms with Crippen molar-refractivity contribution in [1.29, 1.82) is 0 Å². The van der Waals surface area contributed by atoms with Crippen molar-refractivity contribution in [2.75, 3.05) is 13.7 Å². The molecule has 3 unspecified atom stereocenters. The number of aliphatic hydroxyl groups is 1. The zero-order valence-electron chi connectivity index (χ0n) is 11.4. The third kappa shape index (κ3) is 2.30. The Morgan fingerprint density at radius 2 is 2.21 bits per heavy atom. The van der Waals surface area contributed by atoms with E-state index >= 15 is 0 Å². The summed E-state index contributed by atoms with van der Waals surface area (Å²) in [5.74, 6) is 1.50. The maximum absolute atomic E-state index is 10.4. The molecular formula is C15H20O4. The van der Waals surface area contributed by atoms with E-state index in [9.17, 15) is 5.11 Å². The van der Waals surface area contributed by atoms with Gasteiger partial charge in [-0.3, -0.25) is 0 Å². The lowest BCUT2D eigenvalue weighted by Gasteiger charge is -2.44. The quantitative estimate of drug-likeness (QED) is 0.846. The topological polar surface area (TPSA) is 47.9 Å². The molecule has 0 bridgehead atoms. The van der Waals surface area contributed by atoms with Gasteiger partial charge in [-0.15, -0.1) is 0 Å². The summed E-state index contributed by atoms with van der Waals surface area (Å²) in [5.41, 5.74) is 0.557. The summed E-state index contributed by atoms with van der Waals surface area (Å²) in [4.78, 5) is 0. The van der Waals surface area contributed by atoms with Crippen molar-refractivity contribution in [2.45, 2.75) is 44.0 Å². The third-order valence-electron chi connectivity index (χ3n) is 4.09. The van der Waals surface area contributed by atoms with Crippen molar-refractivity contribution in [3.63, 3.8) is 0 Å². The number of methoxy groups -OCH3 is 1. The Balaban J connectivity index is 1.93. The first kappa shape index (κ1) is 12.8. The minimum Gasteiger partial charge on any atom is -0.497 e. The van der Waals surface area contributed by atoms with Crippen LogP contribution >= 0.6 is 0 Å². The Bertz CT molecular complexity index is 473. The highest BCUT2D eigenvalue weighted by Gasteiger charge is 2.43. The van der Waals surface area contributed by atoms with Crippen LogP contribution in [-0.2, 0) is 4.74 Å². The van der Waals surface area contributed by atoms with Crippen LogP contribution in [0.15, 0.2) is 18.2 Å². The third-order valence-corrected chi connectivity index (χ3v) is 4.09. The molecule has 0 amide bonds. The molecule has 1 aromatic rings. The van der Waals surface area contributed by atoms with Crippen LogP contribution in [0.5, 0.6) is 11.5 Å². The van der Waals surface area contributed by atoms with Crippen molar-refractivity contribution in [3.8, 4) is 11.5 Å². The molecule has 4 heteroatoms. The molecule has 19 heavy (non-hydrogen) atoms. The average molecular weight is 264 g/mol. The van der Waals surface area contributed by atoms with Gasteiger partial charge in [0.05, 0.1) is 25.9 Å². The lowest BCUT2D eigenvalue weighted by Crippen LogP contribution is -2.47. The summed E-state index contributed by atoms with van der Waals surface area (Å²) >= 11 is 0. The van der Waals surface area contributed by atoms with Crippen LogP contribution in [-0.4, -0.2) is 30.5 Å². The van der Waals surface area contributed by atoms with Crippen molar-refractivity contribution >= 4 is 0 Å². The minimum atomic E-state index is -0.472. The molecule has 3 rings (SSSR count). The Kier molecular flexibility index (Phi) is 3.15. The molecule has 104 valence electrons. The zero-order chi connectivity index (χ0) is 13.5. The molecule has 1 N–H and O–H groups in total. The van der Waals surface area contributed by atoms with Gasteiger partial charge in [-0.25, -0.2) is 0 Å². The van der Waals surface area contributed by atoms with Gasteiger partial charge in [0.15, 0.2) is 0 Å². The fourth-order valence-corrected chi connectivity index (χ4v) is 3.15. The zero-order valence-corrected chi connectivity index (χ0v) is 11.4. The monoisotopic (exact) mass is 264 g/mol. The van der Waals surface area contributed by atoms with Gasteiger partial charge < -0.3 is 19.3 Å². The first-order chi connectivity index (χ1) is 9.12. The van der Waals surface area contributed by atoms with Gasteiger partial charge in [-0.2, -0.15) is 0 Å². The van der Waals surface area contributed by atoms with E-state index in [1.54, 1.807) is 7.11 Å². The molecule has 1 saturated heterocycles. The summed E-state index contributed by atoms with van der Waals surface area (Å²) in [6.07, 6.45) is 1.99. The van der Waals surface area contributed by atoms with Crippen LogP contribution in [0.3, 0.4) is 0 Å². The summed E-state index contributed by atoms with van der Waals surface area (Å²) in [6, 6.07) is 5.60. The highest BCUT2D eigenvalue weighted by atomic mass is 16.5. The van der Waals surface area contributed by atoms with Crippen molar-refractivity contribution < 1.29 is 19.3 Å². The van der Waals surface area contributed by atoms with Crippen molar-refractivity contribution in [3.05, 3.63) is 23.8 Å². The molecule has 1 aromatic carbocycles. The van der Waals surface area contributed by atoms with E-state index in [1.807, 2.05) is 18.2 Å². The van der Waals surface area contributed by atoms with Gasteiger partial charge >= 0.3 is 0 Å². The standard InChI is InChI=1S/C15H20O4/c1-10-8-15(5-6-18-10)9-13(16)12-4-3-11(17-2)7-14(12)19-15/h3-4,7,10,13,16H,5-6,8-9H2,1-2H3. The van der Waals surface area contributed by atoms with E-state index in [1.165, 1.54) is 0 Å². The second-order valence-corrected chi connectivity index (χ2v) is 5.54. The Morgan fingerprint density at radius 1 is 1.37 bits per heavy atom. The molecule has 0 aromatic heterocycles. The predicted molar refractivity (Wildman–Crippen MR) is 70.6 cm³/mol. The normalized spacial score (nSPS) is 33.6. The lowest BCUT2D eigenvalue weighted by atomic mass is 9.81. The van der Waals surface area contributed by atoms with Crippen molar-refractivity contribution in [2.24, 2.45) is 0 Å². The molecular weight excluding hydrogens is 244 g/mol. The molecule has 0 saturated carbocycles. The molecule has 2 aliphatic heterocycles. The molecule has 1 spiro atoms. The molecule has 4 nitrogen and oxygen atoms in total. The number of ether oxygens (including phenoxy) is 3. The van der Waals surface area contributed by atoms with Crippen molar-refractivity contribution in [1.82, 2.24) is 0 Å². The number of fused-ring (bicyclic) bond motifs is 1. The second-order valence-electron chi connectivity index (χ2n) is 5.54. The van der Waals surface area contributed by atoms with Crippen LogP contribution in [0, 0.1) is 0 Å². The molecule has 2 aliphatic rings. The first-order valence-corrected chi connectivity index (χ1v) is 6.78. The van der Waals surface area contributed by atoms with Gasteiger partial charge in [-0.05, 0) is 19.1 Å². The van der Waals surface area contributed by atoms with E-state index in [0.717, 1.165) is 29.9 Å². The van der Waals surface area contributed by atoms with E-state index in [0.29, 0.717) is 13.0 Å². The highest BCUT2D eigenvalue weighted by molar-refractivity contribution is 5.44. The number of hydrogen-bond donors (Lipinski definition) is 1. The first-order valence-electron chi connectivity index (χ1n) is 6.78. The van der Waals surface area contributed by atoms with Gasteiger partial charge in [0, 0.05) is 30.9 Å². The highest BCUT2D eigenvalue weighted by Crippen LogP contribution is 2.45. The number of benzene rings is 1. The SMILES string of the molecule is COc1ccc2c(c1)OC1(CCOC(C)C1)CC2O. The van der Waals surface area contributed by atoms with Crippen LogP contribution in [0.1, 0.15) is 37.9 Å². The predicted octanol–water partition coefficient (Wildman–Crippen LogP) is 2.45. The van der Waals surface area contributed by atoms with E-state index in [-0.39, 0.29) is 11.7 Å². The maximum atomic E-state index is 10.4. The average Bonchev–Trinajstić information content (AvgIpc) is 2.37. The van der Waals surface area contributed by atoms with E-state index in [4.69, 9.17) is 14.2 Å². The Labute approximate surface area is 113 Å². The smallest absolute Gasteiger partial charge is 0.129 e. The van der Waals surface area contributed by atoms with Crippen LogP contribution in [0.25, 0.3) is 0 Å². The largest absolute Gasteiger partial charge is 0.497 e. The summed E-state index contributed by atoms with van der Waals surface area (Å²) in [6.45, 7) is 2.74. The molecule has 2 heterocycles. The molecule has 1 fully saturated rings. The Morgan fingerprint density at radius 3 is 2.95 bits per heavy atom. The van der Waals surface area contributed by atoms with Crippen LogP contribution < -0.4 is 9.47 Å². The van der Waals surface area contributed by atoms with E-state index in [2.05, 4.69) is 6.92 Å². The lowest BCUT2D eigenvalue weighted by molar-refractivity contribution is -0.111. The summed E-state index contributed by atoms with van der Waals surface area (Å²) in [7, 11) is 1.63. The fraction of sp³-hybridized carbons (Fsp3) is 0.600. The molecule has 0 radical (unpaired) electrons. The van der Waals surface area contributed by atoms with E-state index < -0.39 is 6.10 Å². The number of aliphatic hydroxyl groups excluding tert-OH is 1. The van der Waals surface area contributed by atoms with Gasteiger partial charge in [0.25, 0.3) is 0 Å². The summed E-state index contributed by atoms with van der Waals surface area (Å²) in [5, 5.41) is 10.4. The van der Waals surface area contributed by atoms with Crippen LogP contribution in [0.2, 0.25) is 0 Å². The van der Waals surface area contributed by atoms with Gasteiger partial charge in [0.2, 0.25) is 0 Å². The van der Waals surface area contributed by atoms with Gasteiger partial charge in [0.1, 0.15) is 17.1 Å². The number of rotatable bonds is 1. The summed E-state index contributed by atoms with van der Waals surface area (Å²) < 4.78 is 17.0. The molecule has 3 atom stereocenters. The second kappa shape index (κ2) is 4.69. The fourth-order valence-electron chi connectivity index (χ4n) is 3.15. The van der Waals surface area contributed by atoms with Gasteiger partial charge in [-0.1, -0.05) is 0 Å². The maximum Gasteiger partial charge on any atom is 0.129 e.